The summed E-state index contributed by atoms with van der Waals surface area (Å²) in [5.41, 5.74) is 5.76. The van der Waals surface area contributed by atoms with Crippen molar-refractivity contribution in [2.24, 2.45) is 0 Å². The second-order valence-corrected chi connectivity index (χ2v) is 5.64. The lowest BCUT2D eigenvalue weighted by molar-refractivity contribution is 0.270. The molecule has 1 aliphatic rings. The van der Waals surface area contributed by atoms with Gasteiger partial charge in [-0.15, -0.1) is 0 Å². The van der Waals surface area contributed by atoms with E-state index >= 15 is 0 Å². The van der Waals surface area contributed by atoms with E-state index in [2.05, 4.69) is 72.5 Å². The smallest absolute Gasteiger partial charge is 0.00189 e. The van der Waals surface area contributed by atoms with Crippen LogP contribution in [0, 0.1) is 0 Å². The molecule has 0 radical (unpaired) electrons. The van der Waals surface area contributed by atoms with Crippen molar-refractivity contribution in [3.8, 4) is 0 Å². The maximum Gasteiger partial charge on any atom is 0.00189 e. The third kappa shape index (κ3) is 3.25. The average molecular weight is 277 g/mol. The maximum absolute atomic E-state index is 2.54. The van der Waals surface area contributed by atoms with Gasteiger partial charge in [-0.1, -0.05) is 73.2 Å². The van der Waals surface area contributed by atoms with E-state index in [0.717, 1.165) is 0 Å². The third-order valence-corrected chi connectivity index (χ3v) is 4.39. The SMILES string of the molecule is CCN1CCC(=C(c2ccccc2)c2ccccc2)CC1. The number of hydrogen-bond donors (Lipinski definition) is 0. The van der Waals surface area contributed by atoms with Gasteiger partial charge in [-0.05, 0) is 36.1 Å². The summed E-state index contributed by atoms with van der Waals surface area (Å²) in [6.45, 7) is 5.80. The fraction of sp³-hybridized carbons (Fsp3) is 0.300. The molecule has 0 spiro atoms. The number of piperidine rings is 1. The fourth-order valence-corrected chi connectivity index (χ4v) is 3.17. The van der Waals surface area contributed by atoms with Crippen molar-refractivity contribution in [2.75, 3.05) is 19.6 Å². The minimum Gasteiger partial charge on any atom is -0.303 e. The monoisotopic (exact) mass is 277 g/mol. The van der Waals surface area contributed by atoms with Crippen LogP contribution in [0.1, 0.15) is 30.9 Å². The minimum absolute atomic E-state index is 1.17. The van der Waals surface area contributed by atoms with Crippen molar-refractivity contribution in [1.29, 1.82) is 0 Å². The first-order valence-electron chi connectivity index (χ1n) is 7.93. The van der Waals surface area contributed by atoms with E-state index in [-0.39, 0.29) is 0 Å². The highest BCUT2D eigenvalue weighted by atomic mass is 15.1. The van der Waals surface area contributed by atoms with Crippen molar-refractivity contribution in [1.82, 2.24) is 4.90 Å². The lowest BCUT2D eigenvalue weighted by atomic mass is 9.88. The van der Waals surface area contributed by atoms with Crippen molar-refractivity contribution in [3.63, 3.8) is 0 Å². The van der Waals surface area contributed by atoms with Gasteiger partial charge in [0.2, 0.25) is 0 Å². The van der Waals surface area contributed by atoms with Crippen LogP contribution in [-0.2, 0) is 0 Å². The van der Waals surface area contributed by atoms with Gasteiger partial charge >= 0.3 is 0 Å². The van der Waals surface area contributed by atoms with Crippen LogP contribution in [-0.4, -0.2) is 24.5 Å². The van der Waals surface area contributed by atoms with Crippen molar-refractivity contribution < 1.29 is 0 Å². The van der Waals surface area contributed by atoms with E-state index in [9.17, 15) is 0 Å². The predicted octanol–water partition coefficient (Wildman–Crippen LogP) is 4.60. The van der Waals surface area contributed by atoms with Crippen LogP contribution in [0.5, 0.6) is 0 Å². The number of benzene rings is 2. The summed E-state index contributed by atoms with van der Waals surface area (Å²) in [5, 5.41) is 0. The van der Waals surface area contributed by atoms with Crippen LogP contribution in [0.4, 0.5) is 0 Å². The summed E-state index contributed by atoms with van der Waals surface area (Å²) in [7, 11) is 0. The second kappa shape index (κ2) is 6.73. The Bertz CT molecular complexity index is 547. The Morgan fingerprint density at radius 1 is 0.810 bits per heavy atom. The number of hydrogen-bond acceptors (Lipinski definition) is 1. The van der Waals surface area contributed by atoms with Gasteiger partial charge in [-0.3, -0.25) is 0 Å². The summed E-state index contributed by atoms with van der Waals surface area (Å²) in [4.78, 5) is 2.54. The van der Waals surface area contributed by atoms with E-state index < -0.39 is 0 Å². The molecule has 0 unspecified atom stereocenters. The molecule has 1 aliphatic heterocycles. The highest BCUT2D eigenvalue weighted by molar-refractivity contribution is 5.82. The van der Waals surface area contributed by atoms with Gasteiger partial charge in [0.15, 0.2) is 0 Å². The normalized spacial score (nSPS) is 16.0. The molecule has 0 atom stereocenters. The van der Waals surface area contributed by atoms with Gasteiger partial charge in [0.1, 0.15) is 0 Å². The first-order chi connectivity index (χ1) is 10.4. The van der Waals surface area contributed by atoms with Crippen LogP contribution >= 0.6 is 0 Å². The largest absolute Gasteiger partial charge is 0.303 e. The van der Waals surface area contributed by atoms with Gasteiger partial charge < -0.3 is 4.90 Å². The van der Waals surface area contributed by atoms with Crippen LogP contribution in [0.3, 0.4) is 0 Å². The number of likely N-dealkylation sites (tertiary alicyclic amines) is 1. The van der Waals surface area contributed by atoms with Crippen LogP contribution < -0.4 is 0 Å². The summed E-state index contributed by atoms with van der Waals surface area (Å²) in [6, 6.07) is 21.7. The summed E-state index contributed by atoms with van der Waals surface area (Å²) in [6.07, 6.45) is 2.37. The minimum atomic E-state index is 1.17. The molecule has 2 aromatic rings. The van der Waals surface area contributed by atoms with Crippen molar-refractivity contribution in [3.05, 3.63) is 77.4 Å². The Hall–Kier alpha value is -1.86. The van der Waals surface area contributed by atoms with E-state index in [1.54, 1.807) is 5.57 Å². The maximum atomic E-state index is 2.54. The standard InChI is InChI=1S/C20H23N/c1-2-21-15-13-19(14-16-21)20(17-9-5-3-6-10-17)18-11-7-4-8-12-18/h3-12H,2,13-16H2,1H3. The molecule has 1 nitrogen and oxygen atoms in total. The highest BCUT2D eigenvalue weighted by Crippen LogP contribution is 2.32. The van der Waals surface area contributed by atoms with E-state index in [0.29, 0.717) is 0 Å². The Kier molecular flexibility index (Phi) is 4.52. The van der Waals surface area contributed by atoms with Gasteiger partial charge in [0.25, 0.3) is 0 Å². The van der Waals surface area contributed by atoms with Gasteiger partial charge in [0.05, 0.1) is 0 Å². The molecule has 2 aromatic carbocycles. The van der Waals surface area contributed by atoms with Crippen molar-refractivity contribution in [2.45, 2.75) is 19.8 Å². The van der Waals surface area contributed by atoms with Crippen LogP contribution in [0.25, 0.3) is 5.57 Å². The molecule has 0 aliphatic carbocycles. The molecule has 0 aromatic heterocycles. The zero-order chi connectivity index (χ0) is 14.5. The molecule has 1 heteroatoms. The fourth-order valence-electron chi connectivity index (χ4n) is 3.17. The van der Waals surface area contributed by atoms with Crippen LogP contribution in [0.2, 0.25) is 0 Å². The van der Waals surface area contributed by atoms with Gasteiger partial charge in [0, 0.05) is 13.1 Å². The molecule has 1 saturated heterocycles. The zero-order valence-electron chi connectivity index (χ0n) is 12.8. The topological polar surface area (TPSA) is 3.24 Å². The Morgan fingerprint density at radius 3 is 1.71 bits per heavy atom. The van der Waals surface area contributed by atoms with Crippen LogP contribution in [0.15, 0.2) is 66.2 Å². The first kappa shape index (κ1) is 14.1. The molecule has 0 saturated carbocycles. The summed E-state index contributed by atoms with van der Waals surface area (Å²) in [5.74, 6) is 0. The molecule has 0 amide bonds. The first-order valence-corrected chi connectivity index (χ1v) is 7.93. The number of rotatable bonds is 3. The van der Waals surface area contributed by atoms with E-state index in [4.69, 9.17) is 0 Å². The third-order valence-electron chi connectivity index (χ3n) is 4.39. The van der Waals surface area contributed by atoms with E-state index in [1.165, 1.54) is 49.2 Å². The van der Waals surface area contributed by atoms with Crippen molar-refractivity contribution >= 4 is 5.57 Å². The molecule has 1 fully saturated rings. The van der Waals surface area contributed by atoms with E-state index in [1.807, 2.05) is 0 Å². The molecular formula is C20H23N. The quantitative estimate of drug-likeness (QED) is 0.792. The number of nitrogens with zero attached hydrogens (tertiary/aromatic N) is 1. The lowest BCUT2D eigenvalue weighted by Crippen LogP contribution is -2.30. The average Bonchev–Trinajstić information content (AvgIpc) is 2.58. The van der Waals surface area contributed by atoms with Gasteiger partial charge in [-0.25, -0.2) is 0 Å². The predicted molar refractivity (Wildman–Crippen MR) is 90.3 cm³/mol. The Labute approximate surface area is 127 Å². The molecule has 3 rings (SSSR count). The molecule has 108 valence electrons. The summed E-state index contributed by atoms with van der Waals surface area (Å²) >= 11 is 0. The molecule has 0 N–H and O–H groups in total. The summed E-state index contributed by atoms with van der Waals surface area (Å²) < 4.78 is 0. The molecular weight excluding hydrogens is 254 g/mol. The van der Waals surface area contributed by atoms with Gasteiger partial charge in [-0.2, -0.15) is 0 Å². The molecule has 21 heavy (non-hydrogen) atoms. The lowest BCUT2D eigenvalue weighted by Gasteiger charge is -2.29. The molecule has 1 heterocycles. The zero-order valence-corrected chi connectivity index (χ0v) is 12.8. The second-order valence-electron chi connectivity index (χ2n) is 5.64. The Balaban J connectivity index is 2.01. The highest BCUT2D eigenvalue weighted by Gasteiger charge is 2.17. The molecule has 0 bridgehead atoms. The Morgan fingerprint density at radius 2 is 1.29 bits per heavy atom.